The molecule has 21 heavy (non-hydrogen) atoms. The number of rotatable bonds is 7. The highest BCUT2D eigenvalue weighted by atomic mass is 32.2. The van der Waals surface area contributed by atoms with E-state index in [9.17, 15) is 22.9 Å². The highest BCUT2D eigenvalue weighted by Crippen LogP contribution is 2.30. The fourth-order valence-corrected chi connectivity index (χ4v) is 3.72. The van der Waals surface area contributed by atoms with E-state index in [2.05, 4.69) is 0 Å². The molecular weight excluding hydrogens is 301 g/mol. The molecule has 9 heteroatoms. The topological polar surface area (TPSA) is 107 Å². The van der Waals surface area contributed by atoms with E-state index < -0.39 is 37.0 Å². The minimum atomic E-state index is -4.12. The molecule has 118 valence electrons. The number of benzene rings is 1. The lowest BCUT2D eigenvalue weighted by Gasteiger charge is -2.22. The van der Waals surface area contributed by atoms with Crippen molar-refractivity contribution >= 4 is 21.4 Å². The first kappa shape index (κ1) is 17.3. The molecule has 0 bridgehead atoms. The van der Waals surface area contributed by atoms with Gasteiger partial charge >= 0.3 is 0 Å². The molecule has 1 aromatic rings. The summed E-state index contributed by atoms with van der Waals surface area (Å²) in [5, 5.41) is 10.6. The van der Waals surface area contributed by atoms with Crippen LogP contribution in [0, 0.1) is 15.9 Å². The number of nitrogens with zero attached hydrogens (tertiary/aromatic N) is 2. The van der Waals surface area contributed by atoms with Crippen LogP contribution < -0.4 is 5.73 Å². The van der Waals surface area contributed by atoms with Crippen molar-refractivity contribution in [1.82, 2.24) is 4.31 Å². The van der Waals surface area contributed by atoms with E-state index >= 15 is 0 Å². The van der Waals surface area contributed by atoms with Gasteiger partial charge in [-0.2, -0.15) is 4.31 Å². The van der Waals surface area contributed by atoms with E-state index in [-0.39, 0.29) is 13.1 Å². The fourth-order valence-electron chi connectivity index (χ4n) is 1.96. The van der Waals surface area contributed by atoms with Crippen molar-refractivity contribution < 1.29 is 17.7 Å². The molecule has 1 rings (SSSR count). The number of non-ortho nitro benzene ring substituents is 1. The van der Waals surface area contributed by atoms with Crippen LogP contribution in [0.5, 0.6) is 0 Å². The zero-order valence-corrected chi connectivity index (χ0v) is 12.7. The predicted molar refractivity (Wildman–Crippen MR) is 76.8 cm³/mol. The van der Waals surface area contributed by atoms with Crippen molar-refractivity contribution in [2.75, 3.05) is 18.8 Å². The average Bonchev–Trinajstić information content (AvgIpc) is 2.37. The van der Waals surface area contributed by atoms with E-state index in [0.29, 0.717) is 18.9 Å². The molecule has 0 saturated heterocycles. The first-order chi connectivity index (χ1) is 9.75. The Kier molecular flexibility index (Phi) is 5.62. The Morgan fingerprint density at radius 2 is 1.81 bits per heavy atom. The summed E-state index contributed by atoms with van der Waals surface area (Å²) in [4.78, 5) is 9.10. The number of halogens is 1. The SMILES string of the molecule is CCCN(CCC)S(=O)(=O)c1c(N)cc([N+](=O)[O-])cc1F. The number of nitro benzene ring substituents is 1. The Labute approximate surface area is 122 Å². The van der Waals surface area contributed by atoms with Crippen LogP contribution in [0.3, 0.4) is 0 Å². The van der Waals surface area contributed by atoms with Gasteiger partial charge < -0.3 is 5.73 Å². The van der Waals surface area contributed by atoms with Gasteiger partial charge in [-0.05, 0) is 12.8 Å². The summed E-state index contributed by atoms with van der Waals surface area (Å²) in [7, 11) is -4.12. The number of nitrogens with two attached hydrogens (primary N) is 1. The number of sulfonamides is 1. The molecule has 0 amide bonds. The summed E-state index contributed by atoms with van der Waals surface area (Å²) in [6.07, 6.45) is 1.13. The minimum Gasteiger partial charge on any atom is -0.397 e. The largest absolute Gasteiger partial charge is 0.397 e. The van der Waals surface area contributed by atoms with Crippen LogP contribution in [0.15, 0.2) is 17.0 Å². The van der Waals surface area contributed by atoms with Crippen LogP contribution in [0.2, 0.25) is 0 Å². The maximum absolute atomic E-state index is 14.0. The fraction of sp³-hybridized carbons (Fsp3) is 0.500. The van der Waals surface area contributed by atoms with Crippen molar-refractivity contribution in [3.63, 3.8) is 0 Å². The van der Waals surface area contributed by atoms with E-state index in [1.54, 1.807) is 13.8 Å². The number of hydrogen-bond donors (Lipinski definition) is 1. The van der Waals surface area contributed by atoms with Gasteiger partial charge in [-0.25, -0.2) is 12.8 Å². The van der Waals surface area contributed by atoms with Crippen LogP contribution in [0.25, 0.3) is 0 Å². The number of anilines is 1. The molecule has 0 aromatic heterocycles. The highest BCUT2D eigenvalue weighted by molar-refractivity contribution is 7.89. The Balaban J connectivity index is 3.40. The highest BCUT2D eigenvalue weighted by Gasteiger charge is 2.30. The molecule has 0 spiro atoms. The zero-order valence-electron chi connectivity index (χ0n) is 11.9. The Morgan fingerprint density at radius 3 is 2.19 bits per heavy atom. The first-order valence-corrected chi connectivity index (χ1v) is 7.93. The van der Waals surface area contributed by atoms with Gasteiger partial charge in [0.2, 0.25) is 10.0 Å². The molecule has 7 nitrogen and oxygen atoms in total. The van der Waals surface area contributed by atoms with Crippen molar-refractivity contribution in [2.24, 2.45) is 0 Å². The van der Waals surface area contributed by atoms with E-state index in [0.717, 1.165) is 10.4 Å². The van der Waals surface area contributed by atoms with Crippen molar-refractivity contribution in [2.45, 2.75) is 31.6 Å². The van der Waals surface area contributed by atoms with Crippen molar-refractivity contribution in [1.29, 1.82) is 0 Å². The third kappa shape index (κ3) is 3.67. The van der Waals surface area contributed by atoms with E-state index in [1.807, 2.05) is 0 Å². The van der Waals surface area contributed by atoms with Gasteiger partial charge in [0.25, 0.3) is 5.69 Å². The second kappa shape index (κ2) is 6.81. The molecule has 2 N–H and O–H groups in total. The third-order valence-corrected chi connectivity index (χ3v) is 4.80. The normalized spacial score (nSPS) is 11.8. The standard InChI is InChI=1S/C12H18FN3O4S/c1-3-5-15(6-4-2)21(19,20)12-10(13)7-9(16(17)18)8-11(12)14/h7-8H,3-6,14H2,1-2H3. The predicted octanol–water partition coefficient (Wildman–Crippen LogP) is 2.13. The molecule has 0 aliphatic carbocycles. The Bertz CT molecular complexity index is 604. The van der Waals surface area contributed by atoms with Crippen LogP contribution >= 0.6 is 0 Å². The van der Waals surface area contributed by atoms with Crippen molar-refractivity contribution in [3.8, 4) is 0 Å². The Morgan fingerprint density at radius 1 is 1.29 bits per heavy atom. The van der Waals surface area contributed by atoms with E-state index in [1.165, 1.54) is 0 Å². The van der Waals surface area contributed by atoms with Gasteiger partial charge in [-0.15, -0.1) is 0 Å². The van der Waals surface area contributed by atoms with Gasteiger partial charge in [-0.1, -0.05) is 13.8 Å². The van der Waals surface area contributed by atoms with Gasteiger partial charge in [0.1, 0.15) is 4.90 Å². The van der Waals surface area contributed by atoms with Gasteiger partial charge in [0, 0.05) is 19.2 Å². The smallest absolute Gasteiger partial charge is 0.274 e. The molecule has 0 aliphatic rings. The van der Waals surface area contributed by atoms with E-state index in [4.69, 9.17) is 5.73 Å². The summed E-state index contributed by atoms with van der Waals surface area (Å²) in [5.41, 5.74) is 4.48. The zero-order chi connectivity index (χ0) is 16.2. The van der Waals surface area contributed by atoms with Crippen LogP contribution in [0.4, 0.5) is 15.8 Å². The molecule has 0 saturated carbocycles. The quantitative estimate of drug-likeness (QED) is 0.470. The Hall–Kier alpha value is -1.74. The molecule has 0 heterocycles. The van der Waals surface area contributed by atoms with Crippen LogP contribution in [-0.4, -0.2) is 30.7 Å². The second-order valence-electron chi connectivity index (χ2n) is 4.51. The molecule has 0 fully saturated rings. The van der Waals surface area contributed by atoms with Crippen molar-refractivity contribution in [3.05, 3.63) is 28.1 Å². The van der Waals surface area contributed by atoms with Gasteiger partial charge in [-0.3, -0.25) is 10.1 Å². The summed E-state index contributed by atoms with van der Waals surface area (Å²) in [6, 6.07) is 1.42. The third-order valence-electron chi connectivity index (χ3n) is 2.81. The maximum Gasteiger partial charge on any atom is 0.274 e. The van der Waals surface area contributed by atoms with Gasteiger partial charge in [0.05, 0.1) is 16.7 Å². The molecule has 0 atom stereocenters. The van der Waals surface area contributed by atoms with Gasteiger partial charge in [0.15, 0.2) is 5.82 Å². The van der Waals surface area contributed by atoms with Crippen LogP contribution in [-0.2, 0) is 10.0 Å². The second-order valence-corrected chi connectivity index (χ2v) is 6.38. The lowest BCUT2D eigenvalue weighted by atomic mass is 10.3. The minimum absolute atomic E-state index is 0.228. The first-order valence-electron chi connectivity index (χ1n) is 6.49. The molecule has 0 unspecified atom stereocenters. The lowest BCUT2D eigenvalue weighted by molar-refractivity contribution is -0.385. The summed E-state index contributed by atoms with van der Waals surface area (Å²) >= 11 is 0. The summed E-state index contributed by atoms with van der Waals surface area (Å²) in [5.74, 6) is -1.21. The van der Waals surface area contributed by atoms with Crippen LogP contribution in [0.1, 0.15) is 26.7 Å². The lowest BCUT2D eigenvalue weighted by Crippen LogP contribution is -2.33. The summed E-state index contributed by atoms with van der Waals surface area (Å²) < 4.78 is 40.1. The molecule has 1 aromatic carbocycles. The molecule has 0 radical (unpaired) electrons. The number of nitro groups is 1. The number of nitrogen functional groups attached to an aromatic ring is 1. The maximum atomic E-state index is 14.0. The monoisotopic (exact) mass is 319 g/mol. The average molecular weight is 319 g/mol. The molecule has 0 aliphatic heterocycles. The molecular formula is C12H18FN3O4S. The number of hydrogen-bond acceptors (Lipinski definition) is 5. The summed E-state index contributed by atoms with van der Waals surface area (Å²) in [6.45, 7) is 4.06.